The molecule has 0 aliphatic heterocycles. The van der Waals surface area contributed by atoms with Gasteiger partial charge >= 0.3 is 5.97 Å². The normalized spacial score (nSPS) is 12.3. The van der Waals surface area contributed by atoms with Crippen molar-refractivity contribution in [3.8, 4) is 0 Å². The van der Waals surface area contributed by atoms with Crippen molar-refractivity contribution < 1.29 is 19.4 Å². The third-order valence-corrected chi connectivity index (χ3v) is 2.34. The number of carboxylic acid groups (broad SMARTS) is 1. The number of rotatable bonds is 4. The maximum atomic E-state index is 10.6. The van der Waals surface area contributed by atoms with Crippen LogP contribution in [-0.2, 0) is 6.42 Å². The van der Waals surface area contributed by atoms with Crippen molar-refractivity contribution in [3.05, 3.63) is 53.7 Å². The summed E-state index contributed by atoms with van der Waals surface area (Å²) in [5.41, 5.74) is 0.903. The zero-order valence-corrected chi connectivity index (χ0v) is 8.91. The van der Waals surface area contributed by atoms with Crippen molar-refractivity contribution >= 4 is 5.97 Å². The van der Waals surface area contributed by atoms with E-state index in [0.717, 1.165) is 5.56 Å². The Morgan fingerprint density at radius 3 is 2.59 bits per heavy atom. The Labute approximate surface area is 97.3 Å². The highest BCUT2D eigenvalue weighted by Crippen LogP contribution is 2.20. The molecule has 5 heteroatoms. The molecular formula is C12H11NO4. The van der Waals surface area contributed by atoms with Crippen molar-refractivity contribution in [3.63, 3.8) is 0 Å². The smallest absolute Gasteiger partial charge is 0.371 e. The number of aliphatic hydroxyl groups excluding tert-OH is 1. The minimum Gasteiger partial charge on any atom is -0.475 e. The first kappa shape index (κ1) is 11.3. The van der Waals surface area contributed by atoms with Crippen LogP contribution >= 0.6 is 0 Å². The first-order chi connectivity index (χ1) is 8.16. The maximum absolute atomic E-state index is 10.6. The number of hydrogen-bond acceptors (Lipinski definition) is 4. The number of nitrogens with zero attached hydrogens (tertiary/aromatic N) is 1. The lowest BCUT2D eigenvalue weighted by atomic mass is 10.1. The second-order valence-electron chi connectivity index (χ2n) is 3.58. The van der Waals surface area contributed by atoms with Gasteiger partial charge in [0.2, 0.25) is 5.76 Å². The van der Waals surface area contributed by atoms with Gasteiger partial charge in [0.05, 0.1) is 0 Å². The summed E-state index contributed by atoms with van der Waals surface area (Å²) in [5, 5.41) is 18.5. The monoisotopic (exact) mass is 233 g/mol. The van der Waals surface area contributed by atoms with Crippen molar-refractivity contribution in [2.24, 2.45) is 0 Å². The number of furan rings is 1. The van der Waals surface area contributed by atoms with Crippen molar-refractivity contribution in [1.29, 1.82) is 0 Å². The van der Waals surface area contributed by atoms with Crippen LogP contribution in [-0.4, -0.2) is 21.2 Å². The highest BCUT2D eigenvalue weighted by atomic mass is 16.4. The summed E-state index contributed by atoms with van der Waals surface area (Å²) in [4.78, 5) is 14.5. The highest BCUT2D eigenvalue weighted by molar-refractivity contribution is 5.84. The molecule has 0 spiro atoms. The summed E-state index contributed by atoms with van der Waals surface area (Å²) >= 11 is 0. The lowest BCUT2D eigenvalue weighted by Gasteiger charge is -2.07. The van der Waals surface area contributed by atoms with Crippen LogP contribution in [0, 0.1) is 0 Å². The van der Waals surface area contributed by atoms with Crippen LogP contribution in [0.25, 0.3) is 0 Å². The molecule has 0 aliphatic carbocycles. The Bertz CT molecular complexity index is 506. The van der Waals surface area contributed by atoms with Crippen LogP contribution < -0.4 is 0 Å². The van der Waals surface area contributed by atoms with E-state index in [2.05, 4.69) is 4.98 Å². The summed E-state index contributed by atoms with van der Waals surface area (Å²) in [6.45, 7) is 0. The van der Waals surface area contributed by atoms with Gasteiger partial charge < -0.3 is 14.6 Å². The molecular weight excluding hydrogens is 222 g/mol. The molecule has 0 radical (unpaired) electrons. The van der Waals surface area contributed by atoms with Crippen molar-refractivity contribution in [2.75, 3.05) is 0 Å². The topological polar surface area (TPSA) is 83.6 Å². The van der Waals surface area contributed by atoms with Gasteiger partial charge in [-0.05, 0) is 29.8 Å². The molecule has 0 bridgehead atoms. The Kier molecular flexibility index (Phi) is 3.20. The average Bonchev–Trinajstić information content (AvgIpc) is 2.79. The predicted molar refractivity (Wildman–Crippen MR) is 58.6 cm³/mol. The Balaban J connectivity index is 2.09. The summed E-state index contributed by atoms with van der Waals surface area (Å²) in [7, 11) is 0. The third-order valence-electron chi connectivity index (χ3n) is 2.34. The molecule has 0 saturated heterocycles. The molecule has 2 N–H and O–H groups in total. The number of aromatic carboxylic acids is 1. The van der Waals surface area contributed by atoms with Gasteiger partial charge in [0.25, 0.3) is 0 Å². The number of carboxylic acids is 1. The molecule has 0 saturated carbocycles. The SMILES string of the molecule is O=C(O)c1ccc(C(O)Cc2ccncc2)o1. The van der Waals surface area contributed by atoms with E-state index in [1.807, 2.05) is 0 Å². The van der Waals surface area contributed by atoms with E-state index >= 15 is 0 Å². The quantitative estimate of drug-likeness (QED) is 0.838. The predicted octanol–water partition coefficient (Wildman–Crippen LogP) is 1.65. The fraction of sp³-hybridized carbons (Fsp3) is 0.167. The molecule has 2 aromatic heterocycles. The maximum Gasteiger partial charge on any atom is 0.371 e. The van der Waals surface area contributed by atoms with Crippen molar-refractivity contribution in [2.45, 2.75) is 12.5 Å². The summed E-state index contributed by atoms with van der Waals surface area (Å²) in [6.07, 6.45) is 2.76. The van der Waals surface area contributed by atoms with E-state index in [-0.39, 0.29) is 11.5 Å². The summed E-state index contributed by atoms with van der Waals surface area (Å²) in [6, 6.07) is 6.36. The van der Waals surface area contributed by atoms with E-state index in [1.54, 1.807) is 24.5 Å². The summed E-state index contributed by atoms with van der Waals surface area (Å²) < 4.78 is 5.01. The van der Waals surface area contributed by atoms with Crippen molar-refractivity contribution in [1.82, 2.24) is 4.98 Å². The van der Waals surface area contributed by atoms with Gasteiger partial charge in [0, 0.05) is 18.8 Å². The molecule has 88 valence electrons. The van der Waals surface area contributed by atoms with E-state index in [4.69, 9.17) is 9.52 Å². The number of aliphatic hydroxyl groups is 1. The fourth-order valence-corrected chi connectivity index (χ4v) is 1.49. The van der Waals surface area contributed by atoms with E-state index in [9.17, 15) is 9.90 Å². The Hall–Kier alpha value is -2.14. The van der Waals surface area contributed by atoms with Gasteiger partial charge in [-0.25, -0.2) is 4.79 Å². The molecule has 0 aromatic carbocycles. The number of hydrogen-bond donors (Lipinski definition) is 2. The number of carbonyl (C=O) groups is 1. The fourth-order valence-electron chi connectivity index (χ4n) is 1.49. The van der Waals surface area contributed by atoms with Crippen LogP contribution in [0.15, 0.2) is 41.1 Å². The molecule has 2 aromatic rings. The number of aromatic nitrogens is 1. The first-order valence-electron chi connectivity index (χ1n) is 5.07. The van der Waals surface area contributed by atoms with Gasteiger partial charge in [0.15, 0.2) is 0 Å². The lowest BCUT2D eigenvalue weighted by molar-refractivity contribution is 0.0651. The molecule has 1 unspecified atom stereocenters. The number of pyridine rings is 1. The molecule has 5 nitrogen and oxygen atoms in total. The Morgan fingerprint density at radius 1 is 1.29 bits per heavy atom. The van der Waals surface area contributed by atoms with Gasteiger partial charge in [-0.15, -0.1) is 0 Å². The van der Waals surface area contributed by atoms with Crippen LogP contribution in [0.1, 0.15) is 28.0 Å². The highest BCUT2D eigenvalue weighted by Gasteiger charge is 2.15. The van der Waals surface area contributed by atoms with Crippen LogP contribution in [0.4, 0.5) is 0 Å². The second kappa shape index (κ2) is 4.80. The molecule has 2 rings (SSSR count). The van der Waals surface area contributed by atoms with Gasteiger partial charge in [-0.2, -0.15) is 0 Å². The molecule has 0 amide bonds. The van der Waals surface area contributed by atoms with E-state index in [0.29, 0.717) is 6.42 Å². The lowest BCUT2D eigenvalue weighted by Crippen LogP contribution is -2.00. The third kappa shape index (κ3) is 2.70. The van der Waals surface area contributed by atoms with Crippen LogP contribution in [0.3, 0.4) is 0 Å². The largest absolute Gasteiger partial charge is 0.475 e. The van der Waals surface area contributed by atoms with Crippen LogP contribution in [0.2, 0.25) is 0 Å². The standard InChI is InChI=1S/C12H11NO4/c14-9(7-8-3-5-13-6-4-8)10-1-2-11(17-10)12(15)16/h1-6,9,14H,7H2,(H,15,16). The minimum atomic E-state index is -1.15. The summed E-state index contributed by atoms with van der Waals surface area (Å²) in [5.74, 6) is -1.07. The zero-order valence-electron chi connectivity index (χ0n) is 8.91. The molecule has 0 aliphatic rings. The van der Waals surface area contributed by atoms with Gasteiger partial charge in [0.1, 0.15) is 11.9 Å². The average molecular weight is 233 g/mol. The van der Waals surface area contributed by atoms with Gasteiger partial charge in [-0.1, -0.05) is 0 Å². The Morgan fingerprint density at radius 2 is 2.00 bits per heavy atom. The van der Waals surface area contributed by atoms with E-state index < -0.39 is 12.1 Å². The molecule has 0 fully saturated rings. The van der Waals surface area contributed by atoms with Gasteiger partial charge in [-0.3, -0.25) is 4.98 Å². The minimum absolute atomic E-state index is 0.172. The van der Waals surface area contributed by atoms with Crippen LogP contribution in [0.5, 0.6) is 0 Å². The molecule has 1 atom stereocenters. The molecule has 2 heterocycles. The molecule has 17 heavy (non-hydrogen) atoms. The second-order valence-corrected chi connectivity index (χ2v) is 3.58. The van der Waals surface area contributed by atoms with E-state index in [1.165, 1.54) is 12.1 Å². The first-order valence-corrected chi connectivity index (χ1v) is 5.07. The zero-order chi connectivity index (χ0) is 12.3.